The Morgan fingerprint density at radius 3 is 2.81 bits per heavy atom. The van der Waals surface area contributed by atoms with Crippen LogP contribution in [0.15, 0.2) is 24.4 Å². The van der Waals surface area contributed by atoms with Gasteiger partial charge in [-0.25, -0.2) is 0 Å². The van der Waals surface area contributed by atoms with Crippen molar-refractivity contribution in [3.8, 4) is 0 Å². The van der Waals surface area contributed by atoms with Crippen LogP contribution in [0.4, 0.5) is 0 Å². The number of pyridine rings is 1. The number of hydrogen-bond acceptors (Lipinski definition) is 3. The summed E-state index contributed by atoms with van der Waals surface area (Å²) < 4.78 is 0. The predicted octanol–water partition coefficient (Wildman–Crippen LogP) is 5.15. The summed E-state index contributed by atoms with van der Waals surface area (Å²) in [6.45, 7) is 3.28. The minimum absolute atomic E-state index is 0.677. The molecule has 0 spiro atoms. The van der Waals surface area contributed by atoms with Crippen molar-refractivity contribution in [3.05, 3.63) is 30.1 Å². The van der Waals surface area contributed by atoms with Gasteiger partial charge in [0.15, 0.2) is 0 Å². The fourth-order valence-corrected chi connectivity index (χ4v) is 3.65. The van der Waals surface area contributed by atoms with Crippen LogP contribution in [0.3, 0.4) is 0 Å². The number of thioether (sulfide) groups is 1. The Morgan fingerprint density at radius 2 is 2.19 bits per heavy atom. The molecular formula is C17H28N2S2. The molecule has 2 heterocycles. The van der Waals surface area contributed by atoms with Crippen LogP contribution < -0.4 is 5.32 Å². The third-order valence-electron chi connectivity index (χ3n) is 3.46. The van der Waals surface area contributed by atoms with E-state index in [4.69, 9.17) is 0 Å². The summed E-state index contributed by atoms with van der Waals surface area (Å²) in [7, 11) is 0. The highest BCUT2D eigenvalue weighted by atomic mass is 32.2. The highest BCUT2D eigenvalue weighted by molar-refractivity contribution is 7.99. The normalized spacial score (nSPS) is 16.9. The van der Waals surface area contributed by atoms with Crippen LogP contribution in [0.25, 0.3) is 0 Å². The van der Waals surface area contributed by atoms with E-state index < -0.39 is 0 Å². The Balaban J connectivity index is 0.000000212. The van der Waals surface area contributed by atoms with Crippen LogP contribution in [-0.2, 0) is 0 Å². The highest BCUT2D eigenvalue weighted by Crippen LogP contribution is 2.38. The van der Waals surface area contributed by atoms with Crippen LogP contribution >= 0.6 is 24.0 Å². The van der Waals surface area contributed by atoms with Gasteiger partial charge in [-0.1, -0.05) is 50.9 Å². The molecule has 2 rings (SSSR count). The van der Waals surface area contributed by atoms with E-state index in [9.17, 15) is 0 Å². The number of hydrogen-bond donors (Lipinski definition) is 1. The van der Waals surface area contributed by atoms with Gasteiger partial charge in [-0.15, -0.1) is 0 Å². The Kier molecular flexibility index (Phi) is 11.5. The number of unbranched alkanes of at least 4 members (excludes halogenated alkanes) is 4. The molecule has 0 amide bonds. The van der Waals surface area contributed by atoms with E-state index >= 15 is 0 Å². The SMILES string of the molecule is CCCCCCCNC=S.c1ccc(C2CCCS2)nc1. The molecule has 1 unspecified atom stereocenters. The Bertz CT molecular complexity index is 351. The van der Waals surface area contributed by atoms with Crippen molar-refractivity contribution in [3.63, 3.8) is 0 Å². The Labute approximate surface area is 139 Å². The zero-order valence-electron chi connectivity index (χ0n) is 13.1. The third-order valence-corrected chi connectivity index (χ3v) is 5.03. The van der Waals surface area contributed by atoms with Gasteiger partial charge in [0.1, 0.15) is 0 Å². The molecule has 0 aromatic carbocycles. The second-order valence-corrected chi connectivity index (χ2v) is 6.79. The van der Waals surface area contributed by atoms with Gasteiger partial charge in [-0.3, -0.25) is 4.98 Å². The molecule has 1 N–H and O–H groups in total. The van der Waals surface area contributed by atoms with E-state index in [0.29, 0.717) is 5.25 Å². The van der Waals surface area contributed by atoms with Crippen LogP contribution in [0, 0.1) is 0 Å². The van der Waals surface area contributed by atoms with Gasteiger partial charge in [-0.05, 0) is 37.1 Å². The molecule has 1 fully saturated rings. The summed E-state index contributed by atoms with van der Waals surface area (Å²) in [5.74, 6) is 1.31. The first kappa shape index (κ1) is 18.4. The van der Waals surface area contributed by atoms with E-state index in [2.05, 4.69) is 41.6 Å². The van der Waals surface area contributed by atoms with E-state index in [1.165, 1.54) is 56.4 Å². The second kappa shape index (κ2) is 13.1. The lowest BCUT2D eigenvalue weighted by Crippen LogP contribution is -2.10. The largest absolute Gasteiger partial charge is 0.382 e. The molecule has 1 aliphatic rings. The molecule has 1 atom stereocenters. The summed E-state index contributed by atoms with van der Waals surface area (Å²) in [5.41, 5.74) is 2.86. The zero-order valence-corrected chi connectivity index (χ0v) is 14.7. The second-order valence-electron chi connectivity index (χ2n) is 5.24. The van der Waals surface area contributed by atoms with Crippen molar-refractivity contribution in [2.45, 2.75) is 57.1 Å². The summed E-state index contributed by atoms with van der Waals surface area (Å²) in [5, 5.41) is 3.69. The number of aromatic nitrogens is 1. The lowest BCUT2D eigenvalue weighted by atomic mass is 10.1. The average Bonchev–Trinajstić information content (AvgIpc) is 3.07. The van der Waals surface area contributed by atoms with Crippen LogP contribution in [-0.4, -0.2) is 22.8 Å². The minimum atomic E-state index is 0.677. The lowest BCUT2D eigenvalue weighted by molar-refractivity contribution is 0.627. The topological polar surface area (TPSA) is 24.9 Å². The molecule has 0 radical (unpaired) electrons. The summed E-state index contributed by atoms with van der Waals surface area (Å²) in [6.07, 6.45) is 11.2. The first-order valence-electron chi connectivity index (χ1n) is 8.08. The fourth-order valence-electron chi connectivity index (χ4n) is 2.27. The molecule has 1 saturated heterocycles. The van der Waals surface area contributed by atoms with Gasteiger partial charge in [-0.2, -0.15) is 11.8 Å². The molecule has 2 nitrogen and oxygen atoms in total. The average molecular weight is 325 g/mol. The van der Waals surface area contributed by atoms with E-state index in [1.807, 2.05) is 24.0 Å². The van der Waals surface area contributed by atoms with Crippen molar-refractivity contribution in [2.24, 2.45) is 0 Å². The molecular weight excluding hydrogens is 296 g/mol. The molecule has 1 aliphatic heterocycles. The Morgan fingerprint density at radius 1 is 1.33 bits per heavy atom. The van der Waals surface area contributed by atoms with Crippen molar-refractivity contribution in [1.29, 1.82) is 0 Å². The smallest absolute Gasteiger partial charge is 0.0614 e. The van der Waals surface area contributed by atoms with E-state index in [-0.39, 0.29) is 0 Å². The fraction of sp³-hybridized carbons (Fsp3) is 0.647. The third kappa shape index (κ3) is 9.10. The standard InChI is InChI=1S/C9H11NS.C8H17NS/c1-2-6-10-8(4-1)9-5-3-7-11-9;1-2-3-4-5-6-7-9-8-10/h1-2,4,6,9H,3,5,7H2;8H,2-7H2,1H3,(H,9,10). The van der Waals surface area contributed by atoms with Crippen LogP contribution in [0.5, 0.6) is 0 Å². The number of nitrogens with zero attached hydrogens (tertiary/aromatic N) is 1. The summed E-state index contributed by atoms with van der Waals surface area (Å²) >= 11 is 6.65. The number of thiocarbonyl (C=S) groups is 1. The van der Waals surface area contributed by atoms with Crippen LogP contribution in [0.2, 0.25) is 0 Å². The summed E-state index contributed by atoms with van der Waals surface area (Å²) in [6, 6.07) is 6.17. The quantitative estimate of drug-likeness (QED) is 0.528. The van der Waals surface area contributed by atoms with Crippen LogP contribution in [0.1, 0.15) is 62.8 Å². The van der Waals surface area contributed by atoms with Gasteiger partial charge in [0.05, 0.1) is 11.2 Å². The minimum Gasteiger partial charge on any atom is -0.382 e. The van der Waals surface area contributed by atoms with Gasteiger partial charge in [0.2, 0.25) is 0 Å². The molecule has 118 valence electrons. The first-order chi connectivity index (χ1) is 10.4. The predicted molar refractivity (Wildman–Crippen MR) is 99.1 cm³/mol. The van der Waals surface area contributed by atoms with E-state index in [1.54, 1.807) is 5.49 Å². The summed E-state index contributed by atoms with van der Waals surface area (Å²) in [4.78, 5) is 4.34. The highest BCUT2D eigenvalue weighted by Gasteiger charge is 2.17. The number of rotatable bonds is 8. The van der Waals surface area contributed by atoms with E-state index in [0.717, 1.165) is 6.54 Å². The molecule has 0 aliphatic carbocycles. The molecule has 21 heavy (non-hydrogen) atoms. The zero-order chi connectivity index (χ0) is 15.2. The lowest BCUT2D eigenvalue weighted by Gasteiger charge is -2.05. The maximum atomic E-state index is 4.62. The number of nitrogens with one attached hydrogen (secondary N) is 1. The molecule has 4 heteroatoms. The van der Waals surface area contributed by atoms with Crippen molar-refractivity contribution >= 4 is 29.5 Å². The maximum absolute atomic E-state index is 4.62. The molecule has 1 aromatic rings. The van der Waals surface area contributed by atoms with Crippen molar-refractivity contribution < 1.29 is 0 Å². The van der Waals surface area contributed by atoms with Crippen molar-refractivity contribution in [2.75, 3.05) is 12.3 Å². The van der Waals surface area contributed by atoms with Gasteiger partial charge in [0.25, 0.3) is 0 Å². The van der Waals surface area contributed by atoms with Crippen molar-refractivity contribution in [1.82, 2.24) is 10.3 Å². The first-order valence-corrected chi connectivity index (χ1v) is 9.60. The van der Waals surface area contributed by atoms with Gasteiger partial charge >= 0.3 is 0 Å². The molecule has 1 aromatic heterocycles. The monoisotopic (exact) mass is 324 g/mol. The van der Waals surface area contributed by atoms with Gasteiger partial charge in [0, 0.05) is 18.0 Å². The molecule has 0 bridgehead atoms. The molecule has 0 saturated carbocycles. The maximum Gasteiger partial charge on any atom is 0.0614 e. The Hall–Kier alpha value is -0.610. The van der Waals surface area contributed by atoms with Gasteiger partial charge < -0.3 is 5.32 Å².